The van der Waals surface area contributed by atoms with Crippen molar-refractivity contribution < 1.29 is 9.59 Å². The van der Waals surface area contributed by atoms with Crippen molar-refractivity contribution in [3.8, 4) is 6.07 Å². The Morgan fingerprint density at radius 2 is 1.91 bits per heavy atom. The SMILES string of the molecule is CC(C)(C)c1ccc(C2NC(SCC(=O)N3CCCc4ccccc43)NC(=O)C2C#N)cc1. The van der Waals surface area contributed by atoms with Crippen molar-refractivity contribution >= 4 is 29.3 Å². The molecule has 3 atom stereocenters. The fraction of sp³-hybridized carbons (Fsp3) is 0.423. The second kappa shape index (κ2) is 9.58. The number of amides is 2. The molecular formula is C26H30N4O2S. The van der Waals surface area contributed by atoms with E-state index in [4.69, 9.17) is 0 Å². The molecule has 3 unspecified atom stereocenters. The monoisotopic (exact) mass is 462 g/mol. The fourth-order valence-corrected chi connectivity index (χ4v) is 5.31. The highest BCUT2D eigenvalue weighted by atomic mass is 32.2. The lowest BCUT2D eigenvalue weighted by Crippen LogP contribution is -2.56. The highest BCUT2D eigenvalue weighted by Crippen LogP contribution is 2.31. The summed E-state index contributed by atoms with van der Waals surface area (Å²) in [7, 11) is 0. The quantitative estimate of drug-likeness (QED) is 0.720. The summed E-state index contributed by atoms with van der Waals surface area (Å²) in [6, 6.07) is 17.8. The number of rotatable bonds is 4. The van der Waals surface area contributed by atoms with Crippen LogP contribution < -0.4 is 15.5 Å². The van der Waals surface area contributed by atoms with Gasteiger partial charge in [-0.3, -0.25) is 14.9 Å². The fourth-order valence-electron chi connectivity index (χ4n) is 4.40. The minimum absolute atomic E-state index is 0.0242. The number of anilines is 1. The molecule has 0 bridgehead atoms. The Balaban J connectivity index is 1.45. The third kappa shape index (κ3) is 5.07. The molecule has 1 fully saturated rings. The van der Waals surface area contributed by atoms with Crippen LogP contribution in [0.15, 0.2) is 48.5 Å². The van der Waals surface area contributed by atoms with Crippen LogP contribution in [-0.4, -0.2) is 29.6 Å². The van der Waals surface area contributed by atoms with Crippen LogP contribution in [0.2, 0.25) is 0 Å². The molecule has 0 radical (unpaired) electrons. The summed E-state index contributed by atoms with van der Waals surface area (Å²) in [5.74, 6) is -0.878. The summed E-state index contributed by atoms with van der Waals surface area (Å²) in [4.78, 5) is 27.5. The maximum absolute atomic E-state index is 13.0. The molecule has 2 amide bonds. The number of aryl methyl sites for hydroxylation is 1. The van der Waals surface area contributed by atoms with Gasteiger partial charge in [0.25, 0.3) is 0 Å². The van der Waals surface area contributed by atoms with E-state index in [0.29, 0.717) is 6.54 Å². The van der Waals surface area contributed by atoms with E-state index in [1.165, 1.54) is 22.9 Å². The van der Waals surface area contributed by atoms with Gasteiger partial charge < -0.3 is 10.2 Å². The number of hydrogen-bond donors (Lipinski definition) is 2. The van der Waals surface area contributed by atoms with Crippen LogP contribution >= 0.6 is 11.8 Å². The van der Waals surface area contributed by atoms with Gasteiger partial charge in [0.1, 0.15) is 11.4 Å². The highest BCUT2D eigenvalue weighted by molar-refractivity contribution is 8.00. The Hall–Kier alpha value is -2.82. The van der Waals surface area contributed by atoms with Gasteiger partial charge in [-0.15, -0.1) is 11.8 Å². The van der Waals surface area contributed by atoms with E-state index in [2.05, 4.69) is 55.7 Å². The van der Waals surface area contributed by atoms with Crippen LogP contribution in [0.25, 0.3) is 0 Å². The molecule has 6 nitrogen and oxygen atoms in total. The first kappa shape index (κ1) is 23.3. The lowest BCUT2D eigenvalue weighted by molar-refractivity contribution is -0.126. The summed E-state index contributed by atoms with van der Waals surface area (Å²) >= 11 is 1.35. The van der Waals surface area contributed by atoms with Crippen LogP contribution in [0.5, 0.6) is 0 Å². The summed E-state index contributed by atoms with van der Waals surface area (Å²) < 4.78 is 0. The average molecular weight is 463 g/mol. The second-order valence-corrected chi connectivity index (χ2v) is 10.7. The molecule has 0 aliphatic carbocycles. The van der Waals surface area contributed by atoms with E-state index in [9.17, 15) is 14.9 Å². The molecule has 2 heterocycles. The summed E-state index contributed by atoms with van der Waals surface area (Å²) in [5, 5.41) is 15.9. The first-order chi connectivity index (χ1) is 15.8. The molecule has 0 spiro atoms. The molecular weight excluding hydrogens is 432 g/mol. The summed E-state index contributed by atoms with van der Waals surface area (Å²) in [5.41, 5.74) is 3.84. The standard InChI is InChI=1S/C26H30N4O2S/c1-26(2,3)19-12-10-18(11-13-19)23-20(15-27)24(32)29-25(28-23)33-16-22(31)30-14-6-8-17-7-4-5-9-21(17)30/h4-5,7,9-13,20,23,25,28H,6,8,14,16H2,1-3H3,(H,29,32). The second-order valence-electron chi connectivity index (χ2n) is 9.60. The van der Waals surface area contributed by atoms with Crippen molar-refractivity contribution in [3.63, 3.8) is 0 Å². The van der Waals surface area contributed by atoms with E-state index in [1.54, 1.807) is 0 Å². The largest absolute Gasteiger partial charge is 0.331 e. The van der Waals surface area contributed by atoms with Crippen molar-refractivity contribution in [2.24, 2.45) is 5.92 Å². The Morgan fingerprint density at radius 1 is 1.18 bits per heavy atom. The maximum Gasteiger partial charge on any atom is 0.241 e. The molecule has 4 rings (SSSR count). The van der Waals surface area contributed by atoms with Crippen LogP contribution in [-0.2, 0) is 21.4 Å². The van der Waals surface area contributed by atoms with Crippen molar-refractivity contribution in [3.05, 3.63) is 65.2 Å². The van der Waals surface area contributed by atoms with Crippen LogP contribution in [0.1, 0.15) is 49.9 Å². The number of thioether (sulfide) groups is 1. The third-order valence-corrected chi connectivity index (χ3v) is 7.28. The first-order valence-corrected chi connectivity index (χ1v) is 12.4. The molecule has 33 heavy (non-hydrogen) atoms. The van der Waals surface area contributed by atoms with Gasteiger partial charge in [-0.1, -0.05) is 63.2 Å². The predicted octanol–water partition coefficient (Wildman–Crippen LogP) is 3.88. The van der Waals surface area contributed by atoms with Gasteiger partial charge in [0.2, 0.25) is 11.8 Å². The first-order valence-electron chi connectivity index (χ1n) is 11.3. The zero-order chi connectivity index (χ0) is 23.6. The van der Waals surface area contributed by atoms with Crippen molar-refractivity contribution in [1.29, 1.82) is 5.26 Å². The molecule has 7 heteroatoms. The molecule has 2 aromatic rings. The van der Waals surface area contributed by atoms with Gasteiger partial charge in [-0.05, 0) is 41.0 Å². The van der Waals surface area contributed by atoms with Gasteiger partial charge in [-0.2, -0.15) is 5.26 Å². The van der Waals surface area contributed by atoms with Gasteiger partial charge in [-0.25, -0.2) is 0 Å². The minimum Gasteiger partial charge on any atom is -0.331 e. The number of carbonyl (C=O) groups excluding carboxylic acids is 2. The lowest BCUT2D eigenvalue weighted by Gasteiger charge is -2.35. The molecule has 172 valence electrons. The van der Waals surface area contributed by atoms with E-state index in [-0.39, 0.29) is 23.0 Å². The molecule has 1 saturated heterocycles. The smallest absolute Gasteiger partial charge is 0.241 e. The normalized spacial score (nSPS) is 22.8. The summed E-state index contributed by atoms with van der Waals surface area (Å²) in [6.07, 6.45) is 1.93. The molecule has 2 aliphatic heterocycles. The zero-order valence-corrected chi connectivity index (χ0v) is 20.1. The van der Waals surface area contributed by atoms with Gasteiger partial charge >= 0.3 is 0 Å². The van der Waals surface area contributed by atoms with Crippen LogP contribution in [0.4, 0.5) is 5.69 Å². The van der Waals surface area contributed by atoms with Crippen molar-refractivity contribution in [1.82, 2.24) is 10.6 Å². The molecule has 2 aliphatic rings. The Morgan fingerprint density at radius 3 is 2.61 bits per heavy atom. The number of benzene rings is 2. The maximum atomic E-state index is 13.0. The highest BCUT2D eigenvalue weighted by Gasteiger charge is 2.38. The molecule has 0 saturated carbocycles. The lowest BCUT2D eigenvalue weighted by atomic mass is 9.85. The van der Waals surface area contributed by atoms with E-state index in [0.717, 1.165) is 24.1 Å². The minimum atomic E-state index is -0.827. The van der Waals surface area contributed by atoms with Gasteiger partial charge in [0.05, 0.1) is 17.9 Å². The number of carbonyl (C=O) groups is 2. The van der Waals surface area contributed by atoms with Gasteiger partial charge in [0, 0.05) is 12.2 Å². The molecule has 2 N–H and O–H groups in total. The van der Waals surface area contributed by atoms with Gasteiger partial charge in [0.15, 0.2) is 0 Å². The number of fused-ring (bicyclic) bond motifs is 1. The molecule has 0 aromatic heterocycles. The summed E-state index contributed by atoms with van der Waals surface area (Å²) in [6.45, 7) is 7.16. The number of nitrogens with zero attached hydrogens (tertiary/aromatic N) is 2. The van der Waals surface area contributed by atoms with Crippen LogP contribution in [0, 0.1) is 17.2 Å². The van der Waals surface area contributed by atoms with Crippen molar-refractivity contribution in [2.45, 2.75) is 50.6 Å². The van der Waals surface area contributed by atoms with E-state index < -0.39 is 17.5 Å². The predicted molar refractivity (Wildman–Crippen MR) is 132 cm³/mol. The number of para-hydroxylation sites is 1. The Kier molecular flexibility index (Phi) is 6.78. The molecule has 2 aromatic carbocycles. The number of nitrogens with one attached hydrogen (secondary N) is 2. The average Bonchev–Trinajstić information content (AvgIpc) is 2.81. The van der Waals surface area contributed by atoms with E-state index in [1.807, 2.05) is 35.2 Å². The van der Waals surface area contributed by atoms with Crippen molar-refractivity contribution in [2.75, 3.05) is 17.2 Å². The van der Waals surface area contributed by atoms with Crippen LogP contribution in [0.3, 0.4) is 0 Å². The van der Waals surface area contributed by atoms with E-state index >= 15 is 0 Å². The number of hydrogen-bond acceptors (Lipinski definition) is 5. The Bertz CT molecular complexity index is 1070. The topological polar surface area (TPSA) is 85.2 Å². The number of nitriles is 1. The Labute approximate surface area is 199 Å². The zero-order valence-electron chi connectivity index (χ0n) is 19.3. The third-order valence-electron chi connectivity index (χ3n) is 6.28.